The number of hydrogen-bond acceptors (Lipinski definition) is 4. The van der Waals surface area contributed by atoms with Gasteiger partial charge in [0.05, 0.1) is 12.7 Å². The summed E-state index contributed by atoms with van der Waals surface area (Å²) in [5, 5.41) is 0. The second-order valence-electron chi connectivity index (χ2n) is 5.05. The molecule has 4 nitrogen and oxygen atoms in total. The number of ether oxygens (including phenoxy) is 3. The maximum Gasteiger partial charge on any atom is 0.161 e. The number of benzene rings is 1. The van der Waals surface area contributed by atoms with Crippen molar-refractivity contribution in [2.24, 2.45) is 5.73 Å². The minimum absolute atomic E-state index is 0.210. The first kappa shape index (κ1) is 15.1. The van der Waals surface area contributed by atoms with Crippen LogP contribution in [-0.2, 0) is 11.2 Å². The molecule has 0 radical (unpaired) electrons. The molecule has 1 aliphatic heterocycles. The second kappa shape index (κ2) is 8.12. The quantitative estimate of drug-likeness (QED) is 0.833. The lowest BCUT2D eigenvalue weighted by Crippen LogP contribution is -2.25. The number of hydrogen-bond donors (Lipinski definition) is 1. The summed E-state index contributed by atoms with van der Waals surface area (Å²) in [4.78, 5) is 0. The Morgan fingerprint density at radius 1 is 1.25 bits per heavy atom. The molecule has 1 unspecified atom stereocenters. The molecule has 0 aliphatic carbocycles. The first-order chi connectivity index (χ1) is 9.83. The van der Waals surface area contributed by atoms with Gasteiger partial charge < -0.3 is 19.9 Å². The average Bonchev–Trinajstić information content (AvgIpc) is 2.48. The van der Waals surface area contributed by atoms with Crippen LogP contribution in [0, 0.1) is 0 Å². The van der Waals surface area contributed by atoms with E-state index in [-0.39, 0.29) is 6.10 Å². The monoisotopic (exact) mass is 279 g/mol. The molecule has 0 spiro atoms. The van der Waals surface area contributed by atoms with Crippen LogP contribution < -0.4 is 15.2 Å². The average molecular weight is 279 g/mol. The maximum atomic E-state index is 5.88. The Hall–Kier alpha value is -1.26. The van der Waals surface area contributed by atoms with Gasteiger partial charge in [0.1, 0.15) is 6.61 Å². The van der Waals surface area contributed by atoms with Gasteiger partial charge in [0, 0.05) is 6.61 Å². The zero-order valence-corrected chi connectivity index (χ0v) is 12.3. The van der Waals surface area contributed by atoms with Crippen molar-refractivity contribution in [3.63, 3.8) is 0 Å². The van der Waals surface area contributed by atoms with E-state index < -0.39 is 0 Å². The fourth-order valence-corrected chi connectivity index (χ4v) is 2.38. The minimum atomic E-state index is 0.210. The van der Waals surface area contributed by atoms with Crippen molar-refractivity contribution in [2.75, 3.05) is 26.4 Å². The van der Waals surface area contributed by atoms with Crippen molar-refractivity contribution in [3.8, 4) is 11.5 Å². The van der Waals surface area contributed by atoms with Crippen LogP contribution >= 0.6 is 0 Å². The minimum Gasteiger partial charge on any atom is -0.490 e. The van der Waals surface area contributed by atoms with Crippen molar-refractivity contribution in [3.05, 3.63) is 23.8 Å². The molecule has 4 heteroatoms. The molecule has 1 saturated heterocycles. The van der Waals surface area contributed by atoms with Crippen molar-refractivity contribution in [2.45, 2.75) is 38.7 Å². The lowest BCUT2D eigenvalue weighted by atomic mass is 10.1. The lowest BCUT2D eigenvalue weighted by molar-refractivity contribution is -0.0115. The van der Waals surface area contributed by atoms with E-state index in [0.29, 0.717) is 19.8 Å². The summed E-state index contributed by atoms with van der Waals surface area (Å²) >= 11 is 0. The lowest BCUT2D eigenvalue weighted by Gasteiger charge is -2.23. The van der Waals surface area contributed by atoms with Crippen LogP contribution in [0.1, 0.15) is 31.7 Å². The van der Waals surface area contributed by atoms with E-state index in [1.54, 1.807) is 0 Å². The van der Waals surface area contributed by atoms with Gasteiger partial charge in [-0.25, -0.2) is 0 Å². The Kier molecular flexibility index (Phi) is 6.15. The van der Waals surface area contributed by atoms with E-state index in [1.807, 2.05) is 25.1 Å². The molecular formula is C16H25NO3. The van der Waals surface area contributed by atoms with Crippen molar-refractivity contribution in [1.29, 1.82) is 0 Å². The van der Waals surface area contributed by atoms with Crippen molar-refractivity contribution in [1.82, 2.24) is 0 Å². The third-order valence-electron chi connectivity index (χ3n) is 3.44. The first-order valence-electron chi connectivity index (χ1n) is 7.53. The van der Waals surface area contributed by atoms with E-state index >= 15 is 0 Å². The summed E-state index contributed by atoms with van der Waals surface area (Å²) < 4.78 is 17.2. The highest BCUT2D eigenvalue weighted by molar-refractivity contribution is 5.43. The van der Waals surface area contributed by atoms with E-state index in [4.69, 9.17) is 19.9 Å². The molecule has 20 heavy (non-hydrogen) atoms. The van der Waals surface area contributed by atoms with Crippen molar-refractivity contribution < 1.29 is 14.2 Å². The van der Waals surface area contributed by atoms with Crippen LogP contribution in [-0.4, -0.2) is 32.5 Å². The predicted octanol–water partition coefficient (Wildman–Crippen LogP) is 2.53. The van der Waals surface area contributed by atoms with Gasteiger partial charge in [0.25, 0.3) is 0 Å². The summed E-state index contributed by atoms with van der Waals surface area (Å²) in [5.41, 5.74) is 6.77. The highest BCUT2D eigenvalue weighted by atomic mass is 16.5. The third-order valence-corrected chi connectivity index (χ3v) is 3.44. The molecule has 112 valence electrons. The SMILES string of the molecule is CCOc1cc(CCN)ccc1OCC1CCCCO1. The fraction of sp³-hybridized carbons (Fsp3) is 0.625. The summed E-state index contributed by atoms with van der Waals surface area (Å²) in [6, 6.07) is 6.04. The number of rotatable bonds is 7. The second-order valence-corrected chi connectivity index (χ2v) is 5.05. The summed E-state index contributed by atoms with van der Waals surface area (Å²) in [6.07, 6.45) is 4.53. The molecule has 1 aromatic carbocycles. The van der Waals surface area contributed by atoms with Crippen LogP contribution in [0.2, 0.25) is 0 Å². The fourth-order valence-electron chi connectivity index (χ4n) is 2.38. The van der Waals surface area contributed by atoms with Gasteiger partial charge >= 0.3 is 0 Å². The maximum absolute atomic E-state index is 5.88. The highest BCUT2D eigenvalue weighted by Gasteiger charge is 2.15. The van der Waals surface area contributed by atoms with Gasteiger partial charge in [-0.1, -0.05) is 6.07 Å². The Morgan fingerprint density at radius 3 is 2.85 bits per heavy atom. The highest BCUT2D eigenvalue weighted by Crippen LogP contribution is 2.29. The van der Waals surface area contributed by atoms with Gasteiger partial charge in [-0.3, -0.25) is 0 Å². The Morgan fingerprint density at radius 2 is 2.15 bits per heavy atom. The Bertz CT molecular complexity index is 403. The first-order valence-corrected chi connectivity index (χ1v) is 7.53. The zero-order valence-electron chi connectivity index (χ0n) is 12.3. The molecule has 1 fully saturated rings. The van der Waals surface area contributed by atoms with Crippen LogP contribution in [0.3, 0.4) is 0 Å². The standard InChI is InChI=1S/C16H25NO3/c1-2-18-16-11-13(8-9-17)6-7-15(16)20-12-14-5-3-4-10-19-14/h6-7,11,14H,2-5,8-10,12,17H2,1H3. The Balaban J connectivity index is 1.97. The van der Waals surface area contributed by atoms with Crippen LogP contribution in [0.5, 0.6) is 11.5 Å². The smallest absolute Gasteiger partial charge is 0.161 e. The largest absolute Gasteiger partial charge is 0.490 e. The van der Waals surface area contributed by atoms with E-state index in [1.165, 1.54) is 12.0 Å². The van der Waals surface area contributed by atoms with Crippen molar-refractivity contribution >= 4 is 0 Å². The van der Waals surface area contributed by atoms with Crippen LogP contribution in [0.25, 0.3) is 0 Å². The van der Waals surface area contributed by atoms with Crippen LogP contribution in [0.4, 0.5) is 0 Å². The molecule has 0 aromatic heterocycles. The molecule has 1 heterocycles. The molecule has 1 aliphatic rings. The summed E-state index contributed by atoms with van der Waals surface area (Å²) in [5.74, 6) is 1.59. The van der Waals surface area contributed by atoms with Gasteiger partial charge in [0.2, 0.25) is 0 Å². The molecule has 0 amide bonds. The van der Waals surface area contributed by atoms with Gasteiger partial charge in [-0.05, 0) is 56.8 Å². The molecule has 1 aromatic rings. The van der Waals surface area contributed by atoms with E-state index in [2.05, 4.69) is 0 Å². The van der Waals surface area contributed by atoms with Gasteiger partial charge in [0.15, 0.2) is 11.5 Å². The van der Waals surface area contributed by atoms with Gasteiger partial charge in [-0.15, -0.1) is 0 Å². The molecule has 2 N–H and O–H groups in total. The molecule has 1 atom stereocenters. The Labute approximate surface area is 121 Å². The van der Waals surface area contributed by atoms with Crippen LogP contribution in [0.15, 0.2) is 18.2 Å². The number of nitrogens with two attached hydrogens (primary N) is 1. The topological polar surface area (TPSA) is 53.7 Å². The summed E-state index contributed by atoms with van der Waals surface area (Å²) in [7, 11) is 0. The molecule has 2 rings (SSSR count). The van der Waals surface area contributed by atoms with E-state index in [9.17, 15) is 0 Å². The molecule has 0 bridgehead atoms. The molecule has 0 saturated carbocycles. The predicted molar refractivity (Wildman–Crippen MR) is 79.5 cm³/mol. The summed E-state index contributed by atoms with van der Waals surface area (Å²) in [6.45, 7) is 4.69. The normalized spacial score (nSPS) is 18.8. The van der Waals surface area contributed by atoms with Gasteiger partial charge in [-0.2, -0.15) is 0 Å². The zero-order chi connectivity index (χ0) is 14.2. The van der Waals surface area contributed by atoms with E-state index in [0.717, 1.165) is 37.4 Å². The third kappa shape index (κ3) is 4.39. The molecular weight excluding hydrogens is 254 g/mol.